The first-order chi connectivity index (χ1) is 21.4. The van der Waals surface area contributed by atoms with E-state index < -0.39 is 0 Å². The van der Waals surface area contributed by atoms with E-state index in [0.717, 1.165) is 0 Å². The zero-order valence-corrected chi connectivity index (χ0v) is 24.2. The summed E-state index contributed by atoms with van der Waals surface area (Å²) in [6, 6.07) is 58.0. The van der Waals surface area contributed by atoms with Gasteiger partial charge in [-0.3, -0.25) is 0 Å². The van der Waals surface area contributed by atoms with Gasteiger partial charge in [0.15, 0.2) is 0 Å². The lowest BCUT2D eigenvalue weighted by Gasteiger charge is -2.23. The molecule has 1 aliphatic rings. The largest absolute Gasteiger partial charge is 0.0888 e. The van der Waals surface area contributed by atoms with Gasteiger partial charge in [-0.25, -0.2) is 0 Å². The highest BCUT2D eigenvalue weighted by atomic mass is 32.2. The summed E-state index contributed by atoms with van der Waals surface area (Å²) in [7, 11) is 0. The highest BCUT2D eigenvalue weighted by Gasteiger charge is 2.23. The van der Waals surface area contributed by atoms with Crippen molar-refractivity contribution in [2.45, 2.75) is 9.79 Å². The monoisotopic (exact) mass is 562 g/mol. The molecule has 0 nitrogen and oxygen atoms in total. The summed E-state index contributed by atoms with van der Waals surface area (Å²) in [5, 5.41) is 7.73. The second-order valence-electron chi connectivity index (χ2n) is 11.2. The SMILES string of the molecule is c1ccc(-c2c3ccccc3c(-c3ccc4c5c(cccc35)-c3ccccc3Sc3ccccc3-4)c3ccccc23)cc1. The third kappa shape index (κ3) is 3.72. The molecule has 0 saturated carbocycles. The fourth-order valence-electron chi connectivity index (χ4n) is 7.08. The van der Waals surface area contributed by atoms with E-state index in [1.165, 1.54) is 86.6 Å². The molecule has 0 fully saturated rings. The Balaban J connectivity index is 1.45. The van der Waals surface area contributed by atoms with Crippen molar-refractivity contribution < 1.29 is 0 Å². The molecule has 0 bridgehead atoms. The third-order valence-electron chi connectivity index (χ3n) is 8.88. The van der Waals surface area contributed by atoms with Crippen LogP contribution in [0, 0.1) is 0 Å². The molecule has 0 radical (unpaired) electrons. The lowest BCUT2D eigenvalue weighted by Crippen LogP contribution is -1.96. The molecule has 1 heteroatoms. The minimum atomic E-state index is 1.25. The van der Waals surface area contributed by atoms with Crippen LogP contribution in [-0.2, 0) is 0 Å². The van der Waals surface area contributed by atoms with E-state index in [-0.39, 0.29) is 0 Å². The van der Waals surface area contributed by atoms with Crippen LogP contribution in [0.4, 0.5) is 0 Å². The molecule has 200 valence electrons. The molecule has 1 heterocycles. The number of benzene rings is 8. The molecule has 0 amide bonds. The van der Waals surface area contributed by atoms with Gasteiger partial charge in [0.05, 0.1) is 0 Å². The van der Waals surface area contributed by atoms with Crippen LogP contribution in [0.25, 0.3) is 76.8 Å². The predicted molar refractivity (Wildman–Crippen MR) is 185 cm³/mol. The van der Waals surface area contributed by atoms with Gasteiger partial charge < -0.3 is 0 Å². The second-order valence-corrected chi connectivity index (χ2v) is 12.3. The van der Waals surface area contributed by atoms with E-state index in [9.17, 15) is 0 Å². The highest BCUT2D eigenvalue weighted by Crippen LogP contribution is 2.51. The van der Waals surface area contributed by atoms with Crippen LogP contribution in [0.1, 0.15) is 0 Å². The van der Waals surface area contributed by atoms with Crippen molar-refractivity contribution in [1.82, 2.24) is 0 Å². The standard InChI is InChI=1S/C42H26S/c1-2-13-27(14-3-1)40-31-17-4-6-19-33(31)42(34-20-7-5-18-32(34)40)37-26-25-36-29-16-9-11-24-39(29)43-38-23-10-8-15-28(38)30-21-12-22-35(37)41(30)36/h1-26H. The topological polar surface area (TPSA) is 0 Å². The van der Waals surface area contributed by atoms with Crippen molar-refractivity contribution in [3.05, 3.63) is 158 Å². The van der Waals surface area contributed by atoms with Crippen molar-refractivity contribution in [1.29, 1.82) is 0 Å². The molecule has 0 spiro atoms. The van der Waals surface area contributed by atoms with Gasteiger partial charge in [0, 0.05) is 9.79 Å². The Labute approximate surface area is 255 Å². The van der Waals surface area contributed by atoms with Gasteiger partial charge in [-0.1, -0.05) is 157 Å². The Morgan fingerprint density at radius 1 is 0.279 bits per heavy atom. The summed E-state index contributed by atoms with van der Waals surface area (Å²) in [6.45, 7) is 0. The van der Waals surface area contributed by atoms with E-state index in [1.54, 1.807) is 0 Å². The maximum atomic E-state index is 2.37. The molecule has 0 unspecified atom stereocenters. The molecule has 0 atom stereocenters. The summed E-state index contributed by atoms with van der Waals surface area (Å²) in [4.78, 5) is 2.59. The molecule has 0 aliphatic carbocycles. The van der Waals surface area contributed by atoms with Crippen LogP contribution in [0.3, 0.4) is 0 Å². The normalized spacial score (nSPS) is 12.1. The van der Waals surface area contributed by atoms with Crippen LogP contribution in [0.15, 0.2) is 168 Å². The Hall–Kier alpha value is -5.11. The molecule has 0 saturated heterocycles. The van der Waals surface area contributed by atoms with Crippen molar-refractivity contribution in [3.63, 3.8) is 0 Å². The molecule has 0 aromatic heterocycles. The fourth-order valence-corrected chi connectivity index (χ4v) is 8.19. The van der Waals surface area contributed by atoms with Gasteiger partial charge in [0.2, 0.25) is 0 Å². The average Bonchev–Trinajstić information content (AvgIpc) is 3.07. The Morgan fingerprint density at radius 2 is 0.721 bits per heavy atom. The first-order valence-electron chi connectivity index (χ1n) is 14.8. The predicted octanol–water partition coefficient (Wildman–Crippen LogP) is 12.3. The summed E-state index contributed by atoms with van der Waals surface area (Å²) in [5.74, 6) is 0. The van der Waals surface area contributed by atoms with Gasteiger partial charge in [0.1, 0.15) is 0 Å². The van der Waals surface area contributed by atoms with Gasteiger partial charge in [-0.15, -0.1) is 0 Å². The summed E-state index contributed by atoms with van der Waals surface area (Å²) in [6.07, 6.45) is 0. The minimum absolute atomic E-state index is 1.25. The number of hydrogen-bond donors (Lipinski definition) is 0. The molecular formula is C42H26S. The van der Waals surface area contributed by atoms with E-state index in [0.29, 0.717) is 0 Å². The van der Waals surface area contributed by atoms with Crippen LogP contribution < -0.4 is 0 Å². The van der Waals surface area contributed by atoms with Gasteiger partial charge in [0.25, 0.3) is 0 Å². The molecule has 0 N–H and O–H groups in total. The smallest absolute Gasteiger partial charge is 0.0201 e. The molecule has 8 aromatic carbocycles. The third-order valence-corrected chi connectivity index (χ3v) is 10.0. The number of fused-ring (bicyclic) bond motifs is 6. The van der Waals surface area contributed by atoms with Crippen molar-refractivity contribution in [3.8, 4) is 44.5 Å². The van der Waals surface area contributed by atoms with Gasteiger partial charge in [-0.2, -0.15) is 0 Å². The van der Waals surface area contributed by atoms with E-state index in [1.807, 2.05) is 11.8 Å². The second kappa shape index (κ2) is 9.73. The van der Waals surface area contributed by atoms with E-state index in [2.05, 4.69) is 158 Å². The minimum Gasteiger partial charge on any atom is -0.0888 e. The van der Waals surface area contributed by atoms with Crippen LogP contribution in [0.5, 0.6) is 0 Å². The summed E-state index contributed by atoms with van der Waals surface area (Å²) < 4.78 is 0. The van der Waals surface area contributed by atoms with Crippen LogP contribution >= 0.6 is 11.8 Å². The fraction of sp³-hybridized carbons (Fsp3) is 0. The Kier molecular flexibility index (Phi) is 5.54. The maximum absolute atomic E-state index is 2.37. The van der Waals surface area contributed by atoms with Crippen LogP contribution in [-0.4, -0.2) is 0 Å². The quantitative estimate of drug-likeness (QED) is 0.189. The zero-order valence-electron chi connectivity index (χ0n) is 23.4. The van der Waals surface area contributed by atoms with E-state index >= 15 is 0 Å². The van der Waals surface area contributed by atoms with Gasteiger partial charge >= 0.3 is 0 Å². The first-order valence-corrected chi connectivity index (χ1v) is 15.6. The van der Waals surface area contributed by atoms with Crippen LogP contribution in [0.2, 0.25) is 0 Å². The molecular weight excluding hydrogens is 537 g/mol. The molecule has 8 aromatic rings. The molecule has 43 heavy (non-hydrogen) atoms. The Bertz CT molecular complexity index is 2260. The summed E-state index contributed by atoms with van der Waals surface area (Å²) >= 11 is 1.87. The highest BCUT2D eigenvalue weighted by molar-refractivity contribution is 7.99. The van der Waals surface area contributed by atoms with Gasteiger partial charge in [-0.05, 0) is 89.0 Å². The first kappa shape index (κ1) is 24.5. The Morgan fingerprint density at radius 3 is 1.35 bits per heavy atom. The average molecular weight is 563 g/mol. The van der Waals surface area contributed by atoms with Crippen molar-refractivity contribution in [2.75, 3.05) is 0 Å². The number of rotatable bonds is 2. The van der Waals surface area contributed by atoms with E-state index in [4.69, 9.17) is 0 Å². The van der Waals surface area contributed by atoms with Crippen molar-refractivity contribution >= 4 is 44.1 Å². The zero-order chi connectivity index (χ0) is 28.3. The maximum Gasteiger partial charge on any atom is 0.0201 e. The number of hydrogen-bond acceptors (Lipinski definition) is 1. The lowest BCUT2D eigenvalue weighted by molar-refractivity contribution is 1.39. The lowest BCUT2D eigenvalue weighted by atomic mass is 9.82. The molecule has 9 rings (SSSR count). The van der Waals surface area contributed by atoms with Crippen molar-refractivity contribution in [2.24, 2.45) is 0 Å². The summed E-state index contributed by atoms with van der Waals surface area (Å²) in [5.41, 5.74) is 10.3. The molecule has 1 aliphatic heterocycles.